The smallest absolute Gasteiger partial charge is 0.338 e. The van der Waals surface area contributed by atoms with Crippen LogP contribution in [0.25, 0.3) is 0 Å². The van der Waals surface area contributed by atoms with Crippen molar-refractivity contribution in [3.8, 4) is 0 Å². The van der Waals surface area contributed by atoms with Crippen molar-refractivity contribution in [1.29, 1.82) is 0 Å². The first kappa shape index (κ1) is 28.9. The van der Waals surface area contributed by atoms with E-state index in [0.29, 0.717) is 0 Å². The molecule has 1 saturated heterocycles. The maximum Gasteiger partial charge on any atom is 0.338 e. The minimum Gasteiger partial charge on any atom is -0.481 e. The van der Waals surface area contributed by atoms with Crippen LogP contribution < -0.4 is 5.73 Å². The molecular formula is C17H28N4O13. The molecule has 0 aromatic heterocycles. The Balaban J connectivity index is 2.88. The molecule has 17 nitrogen and oxygen atoms in total. The van der Waals surface area contributed by atoms with Crippen LogP contribution in [0.4, 0.5) is 0 Å². The molecule has 6 atom stereocenters. The first-order chi connectivity index (χ1) is 15.7. The van der Waals surface area contributed by atoms with Crippen LogP contribution in [0.2, 0.25) is 0 Å². The Labute approximate surface area is 191 Å². The molecule has 2 unspecified atom stereocenters. The molecule has 1 aliphatic heterocycles. The van der Waals surface area contributed by atoms with Crippen LogP contribution in [-0.2, 0) is 24.0 Å². The summed E-state index contributed by atoms with van der Waals surface area (Å²) in [6.07, 6.45) is -7.79. The zero-order valence-corrected chi connectivity index (χ0v) is 18.0. The van der Waals surface area contributed by atoms with Gasteiger partial charge in [-0.05, 0) is 5.16 Å². The predicted molar refractivity (Wildman–Crippen MR) is 106 cm³/mol. The summed E-state index contributed by atoms with van der Waals surface area (Å²) in [5.41, 5.74) is 2.61. The molecule has 0 radical (unpaired) electrons. The summed E-state index contributed by atoms with van der Waals surface area (Å²) in [6.45, 7) is -2.28. The molecule has 1 heterocycles. The van der Waals surface area contributed by atoms with E-state index in [9.17, 15) is 49.8 Å². The van der Waals surface area contributed by atoms with E-state index in [1.165, 1.54) is 7.05 Å². The number of aliphatic carboxylic acids is 2. The Kier molecular flexibility index (Phi) is 10.1. The molecule has 194 valence electrons. The summed E-state index contributed by atoms with van der Waals surface area (Å²) in [5, 5.41) is 79.6. The first-order valence-electron chi connectivity index (χ1n) is 9.69. The van der Waals surface area contributed by atoms with E-state index in [4.69, 9.17) is 15.9 Å². The number of nitrogens with two attached hydrogens (primary N) is 1. The molecular weight excluding hydrogens is 468 g/mol. The van der Waals surface area contributed by atoms with Crippen LogP contribution in [0.5, 0.6) is 0 Å². The average Bonchev–Trinajstić information content (AvgIpc) is 2.74. The highest BCUT2D eigenvalue weighted by molar-refractivity contribution is 5.89. The van der Waals surface area contributed by atoms with E-state index in [1.54, 1.807) is 0 Å². The minimum absolute atomic E-state index is 0.613. The molecule has 1 aliphatic rings. The molecule has 0 aromatic carbocycles. The third kappa shape index (κ3) is 6.72. The number of aliphatic hydroxyl groups excluding tert-OH is 5. The van der Waals surface area contributed by atoms with Crippen LogP contribution in [0.15, 0.2) is 5.16 Å². The van der Waals surface area contributed by atoms with Gasteiger partial charge in [-0.2, -0.15) is 0 Å². The van der Waals surface area contributed by atoms with E-state index in [2.05, 4.69) is 9.99 Å². The Morgan fingerprint density at radius 3 is 1.91 bits per heavy atom. The van der Waals surface area contributed by atoms with E-state index >= 15 is 0 Å². The van der Waals surface area contributed by atoms with Gasteiger partial charge in [0.1, 0.15) is 18.3 Å². The number of nitrogens with zero attached hydrogens (tertiary/aromatic N) is 3. The lowest BCUT2D eigenvalue weighted by Gasteiger charge is -2.48. The lowest BCUT2D eigenvalue weighted by molar-refractivity contribution is -0.187. The third-order valence-electron chi connectivity index (χ3n) is 5.15. The number of hydrogen-bond acceptors (Lipinski definition) is 12. The fourth-order valence-electron chi connectivity index (χ4n) is 3.26. The van der Waals surface area contributed by atoms with Crippen molar-refractivity contribution >= 4 is 29.8 Å². The van der Waals surface area contributed by atoms with Gasteiger partial charge in [0.2, 0.25) is 11.9 Å². The molecule has 1 fully saturated rings. The van der Waals surface area contributed by atoms with E-state index in [1.807, 2.05) is 0 Å². The molecule has 0 saturated carbocycles. The number of carboxylic acid groups (broad SMARTS) is 2. The van der Waals surface area contributed by atoms with Crippen molar-refractivity contribution < 1.29 is 64.9 Å². The maximum absolute atomic E-state index is 12.7. The number of guanidine groups is 1. The molecule has 0 spiro atoms. The Hall–Kier alpha value is -3.09. The van der Waals surface area contributed by atoms with Crippen molar-refractivity contribution in [1.82, 2.24) is 9.80 Å². The van der Waals surface area contributed by atoms with Crippen LogP contribution in [-0.4, -0.2) is 143 Å². The molecule has 34 heavy (non-hydrogen) atoms. The summed E-state index contributed by atoms with van der Waals surface area (Å²) in [5.74, 6) is -6.64. The number of carbonyl (C=O) groups is 4. The van der Waals surface area contributed by atoms with Gasteiger partial charge < -0.3 is 61.2 Å². The van der Waals surface area contributed by atoms with Gasteiger partial charge in [-0.25, -0.2) is 9.59 Å². The number of carbonyl (C=O) groups excluding carboxylic acids is 2. The molecule has 1 amide bonds. The maximum atomic E-state index is 12.7. The molecule has 0 aliphatic carbocycles. The highest BCUT2D eigenvalue weighted by Crippen LogP contribution is 2.25. The van der Waals surface area contributed by atoms with Crippen molar-refractivity contribution in [3.05, 3.63) is 0 Å². The molecule has 17 heteroatoms. The molecule has 0 bridgehead atoms. The van der Waals surface area contributed by atoms with E-state index in [-0.39, 0.29) is 0 Å². The number of rotatable bonds is 10. The quantitative estimate of drug-likeness (QED) is 0.0588. The van der Waals surface area contributed by atoms with Crippen LogP contribution >= 0.6 is 0 Å². The summed E-state index contributed by atoms with van der Waals surface area (Å²) in [6, 6.07) is -2.76. The second-order valence-electron chi connectivity index (χ2n) is 7.63. The Morgan fingerprint density at radius 2 is 1.50 bits per heavy atom. The fourth-order valence-corrected chi connectivity index (χ4v) is 3.26. The number of likely N-dealkylation sites (N-methyl/N-ethyl adjacent to an activating group) is 1. The van der Waals surface area contributed by atoms with Gasteiger partial charge >= 0.3 is 17.9 Å². The number of oxime groups is 1. The largest absolute Gasteiger partial charge is 0.481 e. The average molecular weight is 496 g/mol. The summed E-state index contributed by atoms with van der Waals surface area (Å²) >= 11 is 0. The zero-order chi connectivity index (χ0) is 26.4. The van der Waals surface area contributed by atoms with Gasteiger partial charge in [-0.3, -0.25) is 9.59 Å². The van der Waals surface area contributed by atoms with E-state index in [0.717, 1.165) is 9.80 Å². The SMILES string of the molecule is CN(CC(=O)N1[C@H](CO)[C@H](O)C(O)[C@H](O)[C@H]1CO)C(N)=NOC(=O)CC(O)(CC(=O)O)C(=O)O. The minimum atomic E-state index is -2.96. The van der Waals surface area contributed by atoms with Crippen molar-refractivity contribution in [2.24, 2.45) is 10.9 Å². The van der Waals surface area contributed by atoms with Gasteiger partial charge in [0, 0.05) is 7.05 Å². The van der Waals surface area contributed by atoms with Crippen LogP contribution in [0.1, 0.15) is 12.8 Å². The standard InChI is InChI=1S/C17H28N4O13/c1-20(16(18)19-34-11(27)3-17(33,15(31)32)2-10(25)26)4-9(24)21-7(5-22)12(28)14(30)13(29)8(21)6-23/h7-8,12-14,22-23,28-30,33H,2-6H2,1H3,(H2,18,19)(H,25,26)(H,31,32)/t7-,8-,12-,13+,14?,17?/m1/s1. The Morgan fingerprint density at radius 1 is 1.00 bits per heavy atom. The third-order valence-corrected chi connectivity index (χ3v) is 5.15. The van der Waals surface area contributed by atoms with Gasteiger partial charge in [-0.1, -0.05) is 0 Å². The second-order valence-corrected chi connectivity index (χ2v) is 7.63. The number of amides is 1. The van der Waals surface area contributed by atoms with Crippen molar-refractivity contribution in [3.63, 3.8) is 0 Å². The summed E-state index contributed by atoms with van der Waals surface area (Å²) in [4.78, 5) is 52.3. The number of carboxylic acids is 2. The summed E-state index contributed by atoms with van der Waals surface area (Å²) < 4.78 is 0. The normalized spacial score (nSPS) is 27.0. The lowest BCUT2D eigenvalue weighted by Crippen LogP contribution is -2.70. The second kappa shape index (κ2) is 11.9. The highest BCUT2D eigenvalue weighted by atomic mass is 16.7. The highest BCUT2D eigenvalue weighted by Gasteiger charge is 2.49. The Bertz CT molecular complexity index is 790. The molecule has 1 rings (SSSR count). The lowest BCUT2D eigenvalue weighted by atomic mass is 9.88. The van der Waals surface area contributed by atoms with Crippen molar-refractivity contribution in [2.45, 2.75) is 48.8 Å². The summed E-state index contributed by atoms with van der Waals surface area (Å²) in [7, 11) is 1.19. The van der Waals surface area contributed by atoms with Gasteiger partial charge in [0.15, 0.2) is 5.60 Å². The van der Waals surface area contributed by atoms with Gasteiger partial charge in [-0.15, -0.1) is 0 Å². The number of piperidine rings is 1. The predicted octanol–water partition coefficient (Wildman–Crippen LogP) is -5.98. The van der Waals surface area contributed by atoms with Gasteiger partial charge in [0.25, 0.3) is 0 Å². The number of likely N-dealkylation sites (tertiary alicyclic amines) is 1. The fraction of sp³-hybridized carbons (Fsp3) is 0.706. The topological polar surface area (TPSA) is 284 Å². The zero-order valence-electron chi connectivity index (χ0n) is 18.0. The first-order valence-corrected chi connectivity index (χ1v) is 9.69. The van der Waals surface area contributed by atoms with Crippen molar-refractivity contribution in [2.75, 3.05) is 26.8 Å². The molecule has 0 aromatic rings. The monoisotopic (exact) mass is 496 g/mol. The van der Waals surface area contributed by atoms with Crippen LogP contribution in [0, 0.1) is 0 Å². The van der Waals surface area contributed by atoms with Gasteiger partial charge in [0.05, 0.1) is 44.7 Å². The van der Waals surface area contributed by atoms with E-state index < -0.39 is 98.4 Å². The number of aliphatic hydroxyl groups is 6. The number of hydrogen-bond donors (Lipinski definition) is 9. The molecule has 10 N–H and O–H groups in total. The van der Waals surface area contributed by atoms with Crippen LogP contribution in [0.3, 0.4) is 0 Å².